The number of aliphatic imine (C=N–C) groups is 1. The Morgan fingerprint density at radius 1 is 1.13 bits per heavy atom. The summed E-state index contributed by atoms with van der Waals surface area (Å²) in [7, 11) is 0. The second-order valence-corrected chi connectivity index (χ2v) is 8.07. The number of aryl methyl sites for hydroxylation is 1. The van der Waals surface area contributed by atoms with Crippen LogP contribution in [0.4, 0.5) is 0 Å². The van der Waals surface area contributed by atoms with Crippen LogP contribution in [-0.4, -0.2) is 54.7 Å². The second-order valence-electron chi connectivity index (χ2n) is 8.07. The maximum atomic E-state index is 6.13. The quantitative estimate of drug-likeness (QED) is 0.348. The first-order chi connectivity index (χ1) is 15.2. The van der Waals surface area contributed by atoms with Gasteiger partial charge in [-0.1, -0.05) is 36.4 Å². The third-order valence-electron chi connectivity index (χ3n) is 5.60. The van der Waals surface area contributed by atoms with Gasteiger partial charge in [0, 0.05) is 45.5 Å². The summed E-state index contributed by atoms with van der Waals surface area (Å²) in [5.74, 6) is 0.835. The highest BCUT2D eigenvalue weighted by molar-refractivity contribution is 5.79. The molecular weight excluding hydrogens is 386 g/mol. The van der Waals surface area contributed by atoms with Crippen molar-refractivity contribution in [3.8, 4) is 0 Å². The average Bonchev–Trinajstić information content (AvgIpc) is 2.80. The molecule has 0 atom stereocenters. The number of benzene rings is 1. The zero-order valence-electron chi connectivity index (χ0n) is 19.0. The molecule has 1 aromatic carbocycles. The van der Waals surface area contributed by atoms with Crippen molar-refractivity contribution >= 4 is 5.96 Å². The molecule has 2 heterocycles. The molecule has 1 aliphatic rings. The molecule has 0 radical (unpaired) electrons. The molecule has 6 nitrogen and oxygen atoms in total. The van der Waals surface area contributed by atoms with E-state index >= 15 is 0 Å². The molecule has 1 saturated heterocycles. The minimum Gasteiger partial charge on any atom is -0.378 e. The zero-order valence-corrected chi connectivity index (χ0v) is 19.0. The van der Waals surface area contributed by atoms with Crippen LogP contribution < -0.4 is 10.6 Å². The Morgan fingerprint density at radius 3 is 2.68 bits per heavy atom. The van der Waals surface area contributed by atoms with Crippen molar-refractivity contribution in [2.75, 3.05) is 32.8 Å². The van der Waals surface area contributed by atoms with Gasteiger partial charge in [0.1, 0.15) is 0 Å². The van der Waals surface area contributed by atoms with Crippen molar-refractivity contribution < 1.29 is 4.74 Å². The van der Waals surface area contributed by atoms with E-state index in [9.17, 15) is 0 Å². The van der Waals surface area contributed by atoms with Gasteiger partial charge >= 0.3 is 0 Å². The number of likely N-dealkylation sites (tertiary alicyclic amines) is 1. The molecule has 31 heavy (non-hydrogen) atoms. The van der Waals surface area contributed by atoms with Gasteiger partial charge in [-0.05, 0) is 50.3 Å². The lowest BCUT2D eigenvalue weighted by molar-refractivity contribution is 0.00534. The summed E-state index contributed by atoms with van der Waals surface area (Å²) in [5.41, 5.74) is 3.58. The highest BCUT2D eigenvalue weighted by Gasteiger charge is 2.19. The van der Waals surface area contributed by atoms with Gasteiger partial charge < -0.3 is 15.4 Å². The summed E-state index contributed by atoms with van der Waals surface area (Å²) >= 11 is 0. The Morgan fingerprint density at radius 2 is 1.94 bits per heavy atom. The number of piperidine rings is 1. The van der Waals surface area contributed by atoms with Gasteiger partial charge in [0.05, 0.1) is 18.3 Å². The van der Waals surface area contributed by atoms with E-state index in [1.807, 2.05) is 12.3 Å². The fraction of sp³-hybridized carbons (Fsp3) is 0.520. The smallest absolute Gasteiger partial charge is 0.191 e. The van der Waals surface area contributed by atoms with E-state index in [0.717, 1.165) is 70.2 Å². The predicted octanol–water partition coefficient (Wildman–Crippen LogP) is 3.52. The number of ether oxygens (including phenoxy) is 1. The number of aromatic nitrogens is 1. The van der Waals surface area contributed by atoms with Crippen molar-refractivity contribution in [2.24, 2.45) is 4.99 Å². The van der Waals surface area contributed by atoms with E-state index in [1.165, 1.54) is 11.1 Å². The Labute approximate surface area is 187 Å². The third-order valence-corrected chi connectivity index (χ3v) is 5.60. The van der Waals surface area contributed by atoms with E-state index in [-0.39, 0.29) is 0 Å². The number of nitrogens with one attached hydrogen (secondary N) is 2. The van der Waals surface area contributed by atoms with Crippen LogP contribution in [0, 0.1) is 6.92 Å². The van der Waals surface area contributed by atoms with Crippen LogP contribution in [0.5, 0.6) is 0 Å². The van der Waals surface area contributed by atoms with Crippen molar-refractivity contribution in [1.29, 1.82) is 0 Å². The molecule has 0 amide bonds. The number of rotatable bonds is 10. The Hall–Kier alpha value is -2.44. The maximum Gasteiger partial charge on any atom is 0.191 e. The molecule has 1 aliphatic heterocycles. The molecule has 3 rings (SSSR count). The first-order valence-electron chi connectivity index (χ1n) is 11.5. The second kappa shape index (κ2) is 13.1. The van der Waals surface area contributed by atoms with Crippen LogP contribution in [-0.2, 0) is 17.8 Å². The minimum atomic E-state index is 0.390. The van der Waals surface area contributed by atoms with Crippen LogP contribution in [0.3, 0.4) is 0 Å². The standard InChI is InChI=1S/C25H37N5O/c1-3-26-25(29-19-24-21(2)9-7-14-27-24)28-15-8-18-31-23-12-16-30(17-13-23)20-22-10-5-4-6-11-22/h4-7,9-11,14,23H,3,8,12-13,15-20H2,1-2H3,(H2,26,28,29). The van der Waals surface area contributed by atoms with Crippen molar-refractivity contribution in [3.63, 3.8) is 0 Å². The fourth-order valence-electron chi connectivity index (χ4n) is 3.78. The van der Waals surface area contributed by atoms with Gasteiger partial charge in [-0.2, -0.15) is 0 Å². The van der Waals surface area contributed by atoms with Crippen LogP contribution in [0.1, 0.15) is 43.0 Å². The van der Waals surface area contributed by atoms with E-state index in [4.69, 9.17) is 4.74 Å². The Kier molecular flexibility index (Phi) is 9.80. The normalized spacial score (nSPS) is 15.7. The first-order valence-corrected chi connectivity index (χ1v) is 11.5. The molecule has 2 N–H and O–H groups in total. The summed E-state index contributed by atoms with van der Waals surface area (Å²) in [6.07, 6.45) is 5.42. The maximum absolute atomic E-state index is 6.13. The van der Waals surface area contributed by atoms with Gasteiger partial charge in [-0.15, -0.1) is 0 Å². The Balaban J connectivity index is 1.30. The summed E-state index contributed by atoms with van der Waals surface area (Å²) in [4.78, 5) is 11.6. The summed E-state index contributed by atoms with van der Waals surface area (Å²) in [6, 6.07) is 14.7. The summed E-state index contributed by atoms with van der Waals surface area (Å²) in [5, 5.41) is 6.71. The lowest BCUT2D eigenvalue weighted by Crippen LogP contribution is -2.38. The molecule has 1 aromatic heterocycles. The highest BCUT2D eigenvalue weighted by atomic mass is 16.5. The molecule has 2 aromatic rings. The zero-order chi connectivity index (χ0) is 21.7. The molecule has 0 unspecified atom stereocenters. The Bertz CT molecular complexity index is 788. The fourth-order valence-corrected chi connectivity index (χ4v) is 3.78. The van der Waals surface area contributed by atoms with Gasteiger partial charge in [0.2, 0.25) is 0 Å². The van der Waals surface area contributed by atoms with Crippen molar-refractivity contribution in [1.82, 2.24) is 20.5 Å². The molecule has 168 valence electrons. The topological polar surface area (TPSA) is 61.8 Å². The number of hydrogen-bond acceptors (Lipinski definition) is 4. The van der Waals surface area contributed by atoms with Gasteiger partial charge in [-0.25, -0.2) is 4.99 Å². The molecule has 0 spiro atoms. The van der Waals surface area contributed by atoms with Gasteiger partial charge in [-0.3, -0.25) is 9.88 Å². The SMILES string of the molecule is CCNC(=NCc1ncccc1C)NCCCOC1CCN(Cc2ccccc2)CC1. The van der Waals surface area contributed by atoms with Crippen LogP contribution >= 0.6 is 0 Å². The van der Waals surface area contributed by atoms with E-state index in [0.29, 0.717) is 12.6 Å². The van der Waals surface area contributed by atoms with E-state index in [2.05, 4.69) is 75.8 Å². The summed E-state index contributed by atoms with van der Waals surface area (Å²) in [6.45, 7) is 10.5. The highest BCUT2D eigenvalue weighted by Crippen LogP contribution is 2.16. The average molecular weight is 424 g/mol. The number of hydrogen-bond donors (Lipinski definition) is 2. The number of nitrogens with zero attached hydrogens (tertiary/aromatic N) is 3. The molecule has 0 bridgehead atoms. The summed E-state index contributed by atoms with van der Waals surface area (Å²) < 4.78 is 6.13. The molecular formula is C25H37N5O. The molecule has 0 aliphatic carbocycles. The van der Waals surface area contributed by atoms with Crippen molar-refractivity contribution in [2.45, 2.75) is 52.3 Å². The van der Waals surface area contributed by atoms with E-state index in [1.54, 1.807) is 0 Å². The van der Waals surface area contributed by atoms with Crippen LogP contribution in [0.25, 0.3) is 0 Å². The first kappa shape index (κ1) is 23.2. The number of guanidine groups is 1. The van der Waals surface area contributed by atoms with E-state index < -0.39 is 0 Å². The van der Waals surface area contributed by atoms with Gasteiger partial charge in [0.25, 0.3) is 0 Å². The van der Waals surface area contributed by atoms with Crippen LogP contribution in [0.2, 0.25) is 0 Å². The van der Waals surface area contributed by atoms with Gasteiger partial charge in [0.15, 0.2) is 5.96 Å². The molecule has 6 heteroatoms. The van der Waals surface area contributed by atoms with Crippen LogP contribution in [0.15, 0.2) is 53.7 Å². The minimum absolute atomic E-state index is 0.390. The molecule has 0 saturated carbocycles. The number of pyridine rings is 1. The lowest BCUT2D eigenvalue weighted by Gasteiger charge is -2.32. The lowest BCUT2D eigenvalue weighted by atomic mass is 10.1. The third kappa shape index (κ3) is 8.31. The monoisotopic (exact) mass is 423 g/mol. The largest absolute Gasteiger partial charge is 0.378 e. The van der Waals surface area contributed by atoms with Crippen molar-refractivity contribution in [3.05, 3.63) is 65.5 Å². The predicted molar refractivity (Wildman–Crippen MR) is 127 cm³/mol. The molecule has 1 fully saturated rings.